The molecule has 4 heteroatoms. The number of carbonyl (C=O) groups is 1. The van der Waals surface area contributed by atoms with Crippen LogP contribution in [0.2, 0.25) is 0 Å². The minimum Gasteiger partial charge on any atom is -0.523 e. The zero-order valence-electron chi connectivity index (χ0n) is 10.7. The van der Waals surface area contributed by atoms with Gasteiger partial charge in [-0.3, -0.25) is 4.79 Å². The molecule has 1 N–H and O–H groups in total. The summed E-state index contributed by atoms with van der Waals surface area (Å²) in [4.78, 5) is 14.2. The topological polar surface area (TPSA) is 50.9 Å². The van der Waals surface area contributed by atoms with Gasteiger partial charge in [-0.1, -0.05) is 39.0 Å². The number of hydrogen-bond acceptors (Lipinski definition) is 3. The standard InChI is InChI=1S/C13H21NO3/c1-4-5-6-7-8-9-10-17-13(16)12(14-3)11(2)15/h15H,4-10H2,1-2H3. The molecule has 0 aliphatic heterocycles. The highest BCUT2D eigenvalue weighted by Gasteiger charge is 2.14. The van der Waals surface area contributed by atoms with Crippen LogP contribution in [0.25, 0.3) is 4.85 Å². The van der Waals surface area contributed by atoms with E-state index in [1.807, 2.05) is 0 Å². The number of esters is 1. The summed E-state index contributed by atoms with van der Waals surface area (Å²) in [6.07, 6.45) is 6.66. The van der Waals surface area contributed by atoms with Gasteiger partial charge in [0, 0.05) is 0 Å². The van der Waals surface area contributed by atoms with Crippen molar-refractivity contribution in [3.8, 4) is 0 Å². The summed E-state index contributed by atoms with van der Waals surface area (Å²) in [6, 6.07) is 0. The summed E-state index contributed by atoms with van der Waals surface area (Å²) in [5.74, 6) is -1.01. The van der Waals surface area contributed by atoms with Crippen molar-refractivity contribution in [2.75, 3.05) is 6.61 Å². The number of hydrogen-bond donors (Lipinski definition) is 1. The van der Waals surface area contributed by atoms with Gasteiger partial charge in [-0.25, -0.2) is 4.85 Å². The molecule has 0 saturated carbocycles. The van der Waals surface area contributed by atoms with Gasteiger partial charge in [-0.05, 0) is 13.3 Å². The van der Waals surface area contributed by atoms with E-state index in [4.69, 9.17) is 16.4 Å². The molecule has 0 radical (unpaired) electrons. The second kappa shape index (κ2) is 9.71. The highest BCUT2D eigenvalue weighted by molar-refractivity contribution is 5.90. The fourth-order valence-electron chi connectivity index (χ4n) is 1.39. The van der Waals surface area contributed by atoms with E-state index in [9.17, 15) is 4.79 Å². The normalized spacial score (nSPS) is 11.6. The molecule has 0 saturated heterocycles. The van der Waals surface area contributed by atoms with E-state index in [1.54, 1.807) is 0 Å². The summed E-state index contributed by atoms with van der Waals surface area (Å²) < 4.78 is 4.89. The first kappa shape index (κ1) is 15.5. The number of aliphatic hydroxyl groups is 1. The molecule has 0 unspecified atom stereocenters. The van der Waals surface area contributed by atoms with Crippen molar-refractivity contribution in [1.29, 1.82) is 0 Å². The van der Waals surface area contributed by atoms with Crippen LogP contribution in [0.3, 0.4) is 0 Å². The second-order valence-electron chi connectivity index (χ2n) is 3.95. The molecule has 0 aliphatic rings. The lowest BCUT2D eigenvalue weighted by Gasteiger charge is -2.04. The Morgan fingerprint density at radius 1 is 1.24 bits per heavy atom. The van der Waals surface area contributed by atoms with Crippen molar-refractivity contribution in [2.45, 2.75) is 52.4 Å². The summed E-state index contributed by atoms with van der Waals surface area (Å²) in [5.41, 5.74) is -0.323. The Morgan fingerprint density at radius 3 is 2.35 bits per heavy atom. The maximum Gasteiger partial charge on any atom is 0.339 e. The van der Waals surface area contributed by atoms with Gasteiger partial charge >= 0.3 is 11.7 Å². The van der Waals surface area contributed by atoms with Crippen LogP contribution in [0, 0.1) is 6.57 Å². The van der Waals surface area contributed by atoms with Gasteiger partial charge in [0.2, 0.25) is 0 Å². The molecule has 0 spiro atoms. The van der Waals surface area contributed by atoms with Crippen LogP contribution in [-0.4, -0.2) is 17.7 Å². The zero-order chi connectivity index (χ0) is 13.1. The number of unbranched alkanes of at least 4 members (excludes halogenated alkanes) is 5. The van der Waals surface area contributed by atoms with Gasteiger partial charge < -0.3 is 9.84 Å². The number of allylic oxidation sites excluding steroid dienone is 1. The number of aliphatic hydroxyl groups excluding tert-OH is 1. The Hall–Kier alpha value is -1.50. The van der Waals surface area contributed by atoms with Crippen LogP contribution in [0.1, 0.15) is 52.4 Å². The lowest BCUT2D eigenvalue weighted by Crippen LogP contribution is -2.08. The van der Waals surface area contributed by atoms with E-state index in [1.165, 1.54) is 26.2 Å². The largest absolute Gasteiger partial charge is 0.523 e. The predicted molar refractivity (Wildman–Crippen MR) is 66.3 cm³/mol. The van der Waals surface area contributed by atoms with Gasteiger partial charge in [-0.15, -0.1) is 0 Å². The average Bonchev–Trinajstić information content (AvgIpc) is 2.28. The van der Waals surface area contributed by atoms with Crippen LogP contribution in [0.15, 0.2) is 11.5 Å². The van der Waals surface area contributed by atoms with Crippen molar-refractivity contribution in [3.05, 3.63) is 22.9 Å². The Labute approximate surface area is 103 Å². The van der Waals surface area contributed by atoms with Crippen molar-refractivity contribution in [3.63, 3.8) is 0 Å². The molecule has 0 aromatic rings. The molecule has 0 heterocycles. The minimum absolute atomic E-state index is 0.284. The third-order valence-corrected chi connectivity index (χ3v) is 2.38. The predicted octanol–water partition coefficient (Wildman–Crippen LogP) is 3.60. The molecule has 0 aromatic carbocycles. The Balaban J connectivity index is 3.66. The lowest BCUT2D eigenvalue weighted by atomic mass is 10.1. The van der Waals surface area contributed by atoms with Gasteiger partial charge in [0.15, 0.2) is 0 Å². The summed E-state index contributed by atoms with van der Waals surface area (Å²) in [6.45, 7) is 10.5. The van der Waals surface area contributed by atoms with E-state index < -0.39 is 5.97 Å². The van der Waals surface area contributed by atoms with Gasteiger partial charge in [0.25, 0.3) is 0 Å². The third kappa shape index (κ3) is 7.40. The van der Waals surface area contributed by atoms with E-state index in [0.717, 1.165) is 19.3 Å². The van der Waals surface area contributed by atoms with Gasteiger partial charge in [0.05, 0.1) is 13.2 Å². The van der Waals surface area contributed by atoms with Crippen LogP contribution >= 0.6 is 0 Å². The summed E-state index contributed by atoms with van der Waals surface area (Å²) in [7, 11) is 0. The lowest BCUT2D eigenvalue weighted by molar-refractivity contribution is -0.139. The first-order valence-electron chi connectivity index (χ1n) is 6.07. The van der Waals surface area contributed by atoms with Crippen molar-refractivity contribution in [1.82, 2.24) is 0 Å². The number of carbonyl (C=O) groups excluding carboxylic acids is 1. The average molecular weight is 239 g/mol. The first-order chi connectivity index (χ1) is 8.13. The smallest absolute Gasteiger partial charge is 0.339 e. The SMILES string of the molecule is [C-]#[N+]C(C(=O)OCCCCCCCC)=C(C)O. The Kier molecular flexibility index (Phi) is 8.85. The molecular formula is C13H21NO3. The molecular weight excluding hydrogens is 218 g/mol. The molecule has 0 atom stereocenters. The highest BCUT2D eigenvalue weighted by atomic mass is 16.5. The van der Waals surface area contributed by atoms with Gasteiger partial charge in [-0.2, -0.15) is 0 Å². The molecule has 17 heavy (non-hydrogen) atoms. The molecule has 0 amide bonds. The third-order valence-electron chi connectivity index (χ3n) is 2.38. The minimum atomic E-state index is -0.728. The van der Waals surface area contributed by atoms with Crippen molar-refractivity contribution >= 4 is 5.97 Å². The van der Waals surface area contributed by atoms with E-state index >= 15 is 0 Å². The van der Waals surface area contributed by atoms with E-state index in [0.29, 0.717) is 6.61 Å². The fourth-order valence-corrected chi connectivity index (χ4v) is 1.39. The number of ether oxygens (including phenoxy) is 1. The summed E-state index contributed by atoms with van der Waals surface area (Å²) in [5, 5.41) is 9.05. The molecule has 0 bridgehead atoms. The molecule has 96 valence electrons. The molecule has 0 fully saturated rings. The first-order valence-corrected chi connectivity index (χ1v) is 6.07. The number of nitrogens with zero attached hydrogens (tertiary/aromatic N) is 1. The molecule has 0 aromatic heterocycles. The van der Waals surface area contributed by atoms with Crippen LogP contribution in [-0.2, 0) is 9.53 Å². The Bertz CT molecular complexity index is 298. The van der Waals surface area contributed by atoms with E-state index in [-0.39, 0.29) is 11.5 Å². The quantitative estimate of drug-likeness (QED) is 0.231. The van der Waals surface area contributed by atoms with Crippen LogP contribution in [0.5, 0.6) is 0 Å². The monoisotopic (exact) mass is 239 g/mol. The molecule has 4 nitrogen and oxygen atoms in total. The van der Waals surface area contributed by atoms with Crippen molar-refractivity contribution < 1.29 is 14.6 Å². The molecule has 0 aliphatic carbocycles. The summed E-state index contributed by atoms with van der Waals surface area (Å²) >= 11 is 0. The Morgan fingerprint density at radius 2 is 1.82 bits per heavy atom. The maximum atomic E-state index is 11.3. The van der Waals surface area contributed by atoms with E-state index in [2.05, 4.69) is 11.8 Å². The maximum absolute atomic E-state index is 11.3. The van der Waals surface area contributed by atoms with Crippen LogP contribution < -0.4 is 0 Å². The second-order valence-corrected chi connectivity index (χ2v) is 3.95. The highest BCUT2D eigenvalue weighted by Crippen LogP contribution is 2.08. The van der Waals surface area contributed by atoms with Crippen molar-refractivity contribution in [2.24, 2.45) is 0 Å². The fraction of sp³-hybridized carbons (Fsp3) is 0.692. The number of rotatable bonds is 8. The van der Waals surface area contributed by atoms with Gasteiger partial charge in [0.1, 0.15) is 5.76 Å². The molecule has 0 rings (SSSR count). The zero-order valence-corrected chi connectivity index (χ0v) is 10.7. The van der Waals surface area contributed by atoms with Crippen LogP contribution in [0.4, 0.5) is 0 Å².